The first-order chi connectivity index (χ1) is 10.3. The van der Waals surface area contributed by atoms with Crippen molar-refractivity contribution in [3.63, 3.8) is 0 Å². The maximum atomic E-state index is 5.46. The number of nitrogens with zero attached hydrogens (tertiary/aromatic N) is 5. The van der Waals surface area contributed by atoms with Crippen molar-refractivity contribution in [2.75, 3.05) is 56.1 Å². The molecule has 2 heterocycles. The maximum Gasteiger partial charge on any atom is 0.323 e. The standard InChI is InChI=1S/C14H26N6O/c1-4-7-15-12-16-13(18-14(17-12)21-6-3)20-10-8-19(5-2)9-11-20/h4-11H2,1-3H3,(H,15,16,17,18). The average Bonchev–Trinajstić information content (AvgIpc) is 2.53. The fourth-order valence-electron chi connectivity index (χ4n) is 2.26. The van der Waals surface area contributed by atoms with Crippen LogP contribution in [0.3, 0.4) is 0 Å². The molecular formula is C14H26N6O. The minimum atomic E-state index is 0.402. The summed E-state index contributed by atoms with van der Waals surface area (Å²) in [7, 11) is 0. The molecule has 2 rings (SSSR count). The Kier molecular flexibility index (Phi) is 5.98. The van der Waals surface area contributed by atoms with Crippen LogP contribution in [-0.4, -0.2) is 65.7 Å². The molecule has 0 spiro atoms. The van der Waals surface area contributed by atoms with Gasteiger partial charge < -0.3 is 19.9 Å². The van der Waals surface area contributed by atoms with E-state index < -0.39 is 0 Å². The van der Waals surface area contributed by atoms with Crippen LogP contribution in [0.2, 0.25) is 0 Å². The van der Waals surface area contributed by atoms with E-state index in [0.29, 0.717) is 24.5 Å². The van der Waals surface area contributed by atoms with Crippen LogP contribution >= 0.6 is 0 Å². The predicted molar refractivity (Wildman–Crippen MR) is 84.1 cm³/mol. The van der Waals surface area contributed by atoms with Crippen molar-refractivity contribution >= 4 is 11.9 Å². The third kappa shape index (κ3) is 4.42. The third-order valence-electron chi connectivity index (χ3n) is 3.51. The molecular weight excluding hydrogens is 268 g/mol. The van der Waals surface area contributed by atoms with Gasteiger partial charge in [-0.3, -0.25) is 0 Å². The Morgan fingerprint density at radius 3 is 2.43 bits per heavy atom. The van der Waals surface area contributed by atoms with Crippen molar-refractivity contribution in [2.45, 2.75) is 27.2 Å². The number of piperazine rings is 1. The highest BCUT2D eigenvalue weighted by atomic mass is 16.5. The van der Waals surface area contributed by atoms with E-state index in [4.69, 9.17) is 4.74 Å². The van der Waals surface area contributed by atoms with Crippen molar-refractivity contribution in [2.24, 2.45) is 0 Å². The molecule has 0 atom stereocenters. The van der Waals surface area contributed by atoms with Gasteiger partial charge >= 0.3 is 6.01 Å². The molecule has 118 valence electrons. The number of ether oxygens (including phenoxy) is 1. The van der Waals surface area contributed by atoms with Crippen molar-refractivity contribution < 1.29 is 4.74 Å². The molecule has 0 aliphatic carbocycles. The Labute approximate surface area is 126 Å². The van der Waals surface area contributed by atoms with Crippen molar-refractivity contribution in [1.29, 1.82) is 0 Å². The molecule has 0 unspecified atom stereocenters. The molecule has 0 aromatic carbocycles. The van der Waals surface area contributed by atoms with Crippen LogP contribution in [0.1, 0.15) is 27.2 Å². The smallest absolute Gasteiger partial charge is 0.323 e. The highest BCUT2D eigenvalue weighted by molar-refractivity contribution is 5.38. The second kappa shape index (κ2) is 7.97. The van der Waals surface area contributed by atoms with Gasteiger partial charge in [0, 0.05) is 32.7 Å². The fourth-order valence-corrected chi connectivity index (χ4v) is 2.26. The van der Waals surface area contributed by atoms with Gasteiger partial charge in [-0.1, -0.05) is 13.8 Å². The molecule has 0 amide bonds. The Morgan fingerprint density at radius 2 is 1.81 bits per heavy atom. The lowest BCUT2D eigenvalue weighted by molar-refractivity contribution is 0.268. The van der Waals surface area contributed by atoms with Gasteiger partial charge in [0.2, 0.25) is 11.9 Å². The molecule has 1 aromatic rings. The quantitative estimate of drug-likeness (QED) is 0.811. The van der Waals surface area contributed by atoms with Gasteiger partial charge in [-0.25, -0.2) is 0 Å². The summed E-state index contributed by atoms with van der Waals surface area (Å²) in [5.41, 5.74) is 0. The third-order valence-corrected chi connectivity index (χ3v) is 3.51. The monoisotopic (exact) mass is 294 g/mol. The minimum Gasteiger partial charge on any atom is -0.464 e. The van der Waals surface area contributed by atoms with Crippen molar-refractivity contribution in [3.8, 4) is 6.01 Å². The van der Waals surface area contributed by atoms with E-state index in [9.17, 15) is 0 Å². The fraction of sp³-hybridized carbons (Fsp3) is 0.786. The molecule has 21 heavy (non-hydrogen) atoms. The minimum absolute atomic E-state index is 0.402. The van der Waals surface area contributed by atoms with E-state index in [-0.39, 0.29) is 0 Å². The number of hydrogen-bond acceptors (Lipinski definition) is 7. The predicted octanol–water partition coefficient (Wildman–Crippen LogP) is 1.23. The zero-order valence-electron chi connectivity index (χ0n) is 13.3. The molecule has 1 fully saturated rings. The lowest BCUT2D eigenvalue weighted by Gasteiger charge is -2.34. The summed E-state index contributed by atoms with van der Waals surface area (Å²) in [5, 5.41) is 3.21. The topological polar surface area (TPSA) is 66.4 Å². The molecule has 1 aliphatic rings. The van der Waals surface area contributed by atoms with Gasteiger partial charge in [0.25, 0.3) is 0 Å². The van der Waals surface area contributed by atoms with Crippen LogP contribution in [0.15, 0.2) is 0 Å². The van der Waals surface area contributed by atoms with Gasteiger partial charge in [0.1, 0.15) is 0 Å². The van der Waals surface area contributed by atoms with Gasteiger partial charge in [0.05, 0.1) is 6.61 Å². The molecule has 0 radical (unpaired) electrons. The molecule has 1 aromatic heterocycles. The Hall–Kier alpha value is -1.63. The summed E-state index contributed by atoms with van der Waals surface area (Å²) in [6.07, 6.45) is 1.03. The van der Waals surface area contributed by atoms with Crippen LogP contribution in [0.5, 0.6) is 6.01 Å². The number of nitrogens with one attached hydrogen (secondary N) is 1. The van der Waals surface area contributed by atoms with Gasteiger partial charge in [-0.05, 0) is 19.9 Å². The Bertz CT molecular complexity index is 433. The van der Waals surface area contributed by atoms with E-state index in [1.807, 2.05) is 6.92 Å². The summed E-state index contributed by atoms with van der Waals surface area (Å²) < 4.78 is 5.46. The van der Waals surface area contributed by atoms with Crippen LogP contribution in [0, 0.1) is 0 Å². The molecule has 0 bridgehead atoms. The van der Waals surface area contributed by atoms with Gasteiger partial charge in [-0.15, -0.1) is 0 Å². The first-order valence-corrected chi connectivity index (χ1v) is 7.86. The summed E-state index contributed by atoms with van der Waals surface area (Å²) >= 11 is 0. The molecule has 7 heteroatoms. The van der Waals surface area contributed by atoms with Crippen LogP contribution in [0.25, 0.3) is 0 Å². The van der Waals surface area contributed by atoms with Crippen LogP contribution in [0.4, 0.5) is 11.9 Å². The van der Waals surface area contributed by atoms with Crippen molar-refractivity contribution in [1.82, 2.24) is 19.9 Å². The highest BCUT2D eigenvalue weighted by Gasteiger charge is 2.19. The zero-order chi connectivity index (χ0) is 15.1. The van der Waals surface area contributed by atoms with Gasteiger partial charge in [0.15, 0.2) is 0 Å². The lowest BCUT2D eigenvalue weighted by atomic mass is 10.3. The van der Waals surface area contributed by atoms with E-state index in [1.165, 1.54) is 0 Å². The molecule has 7 nitrogen and oxygen atoms in total. The van der Waals surface area contributed by atoms with Crippen molar-refractivity contribution in [3.05, 3.63) is 0 Å². The Morgan fingerprint density at radius 1 is 1.05 bits per heavy atom. The van der Waals surface area contributed by atoms with E-state index >= 15 is 0 Å². The molecule has 1 N–H and O–H groups in total. The number of likely N-dealkylation sites (N-methyl/N-ethyl adjacent to an activating group) is 1. The first kappa shape index (κ1) is 15.8. The number of aromatic nitrogens is 3. The van der Waals surface area contributed by atoms with E-state index in [2.05, 4.69) is 43.9 Å². The SMILES string of the molecule is CCCNc1nc(OCC)nc(N2CCN(CC)CC2)n1. The number of anilines is 2. The van der Waals surface area contributed by atoms with Gasteiger partial charge in [-0.2, -0.15) is 15.0 Å². The number of hydrogen-bond donors (Lipinski definition) is 1. The normalized spacial score (nSPS) is 16.0. The lowest BCUT2D eigenvalue weighted by Crippen LogP contribution is -2.46. The summed E-state index contributed by atoms with van der Waals surface area (Å²) in [6, 6.07) is 0.402. The summed E-state index contributed by atoms with van der Waals surface area (Å²) in [4.78, 5) is 17.9. The zero-order valence-corrected chi connectivity index (χ0v) is 13.3. The maximum absolute atomic E-state index is 5.46. The second-order valence-corrected chi connectivity index (χ2v) is 5.02. The highest BCUT2D eigenvalue weighted by Crippen LogP contribution is 2.16. The van der Waals surface area contributed by atoms with E-state index in [0.717, 1.165) is 45.7 Å². The molecule has 1 aliphatic heterocycles. The van der Waals surface area contributed by atoms with Crippen LogP contribution < -0.4 is 15.0 Å². The van der Waals surface area contributed by atoms with Crippen LogP contribution in [-0.2, 0) is 0 Å². The first-order valence-electron chi connectivity index (χ1n) is 7.86. The molecule has 1 saturated heterocycles. The average molecular weight is 294 g/mol. The van der Waals surface area contributed by atoms with E-state index in [1.54, 1.807) is 0 Å². The Balaban J connectivity index is 2.11. The molecule has 0 saturated carbocycles. The summed E-state index contributed by atoms with van der Waals surface area (Å²) in [6.45, 7) is 12.7. The largest absolute Gasteiger partial charge is 0.464 e. The second-order valence-electron chi connectivity index (χ2n) is 5.02. The number of rotatable bonds is 7. The summed E-state index contributed by atoms with van der Waals surface area (Å²) in [5.74, 6) is 1.31.